The Kier molecular flexibility index (Phi) is 4.97. The van der Waals surface area contributed by atoms with Crippen LogP contribution >= 0.6 is 23.2 Å². The van der Waals surface area contributed by atoms with E-state index >= 15 is 0 Å². The molecule has 1 unspecified atom stereocenters. The third-order valence-electron chi connectivity index (χ3n) is 3.80. The van der Waals surface area contributed by atoms with Gasteiger partial charge in [0.05, 0.1) is 11.6 Å². The second-order valence-corrected chi connectivity index (χ2v) is 6.46. The number of urea groups is 1. The van der Waals surface area contributed by atoms with Crippen LogP contribution in [0.3, 0.4) is 0 Å². The molecule has 0 spiro atoms. The number of halogens is 2. The number of anilines is 1. The highest BCUT2D eigenvalue weighted by Gasteiger charge is 2.31. The molecule has 3 rings (SSSR count). The molecule has 2 aromatic carbocycles. The number of hydrogen-bond acceptors (Lipinski definition) is 2. The zero-order valence-corrected chi connectivity index (χ0v) is 14.8. The van der Waals surface area contributed by atoms with Gasteiger partial charge in [-0.15, -0.1) is 0 Å². The molecule has 0 fully saturated rings. The minimum atomic E-state index is -0.597. The Bertz CT molecular complexity index is 863. The molecule has 2 aromatic rings. The molecule has 1 heterocycles. The van der Waals surface area contributed by atoms with Crippen LogP contribution in [-0.2, 0) is 4.79 Å². The van der Waals surface area contributed by atoms with Crippen LogP contribution in [0.2, 0.25) is 10.0 Å². The summed E-state index contributed by atoms with van der Waals surface area (Å²) >= 11 is 11.9. The first-order valence-corrected chi connectivity index (χ1v) is 8.30. The summed E-state index contributed by atoms with van der Waals surface area (Å²) in [5.74, 6) is -0.322. The van der Waals surface area contributed by atoms with Crippen molar-refractivity contribution >= 4 is 40.8 Å². The Labute approximate surface area is 155 Å². The van der Waals surface area contributed by atoms with Gasteiger partial charge in [0.1, 0.15) is 0 Å². The molecule has 1 atom stereocenters. The van der Waals surface area contributed by atoms with Gasteiger partial charge >= 0.3 is 6.03 Å². The number of carbonyl (C=O) groups excluding carboxylic acids is 2. The van der Waals surface area contributed by atoms with E-state index < -0.39 is 6.04 Å². The Hall–Kier alpha value is -2.50. The normalized spacial score (nSPS) is 16.9. The van der Waals surface area contributed by atoms with Crippen LogP contribution in [0.15, 0.2) is 59.8 Å². The van der Waals surface area contributed by atoms with E-state index in [0.29, 0.717) is 27.0 Å². The lowest BCUT2D eigenvalue weighted by molar-refractivity contribution is -0.113. The Morgan fingerprint density at radius 1 is 1.08 bits per heavy atom. The summed E-state index contributed by atoms with van der Waals surface area (Å²) in [6, 6.07) is 12.9. The lowest BCUT2D eigenvalue weighted by Gasteiger charge is -2.28. The summed E-state index contributed by atoms with van der Waals surface area (Å²) in [6.07, 6.45) is 0. The number of nitrogens with one attached hydrogen (secondary N) is 3. The Balaban J connectivity index is 1.94. The van der Waals surface area contributed by atoms with E-state index in [-0.39, 0.29) is 11.9 Å². The monoisotopic (exact) mass is 375 g/mol. The molecular formula is C18H15Cl2N3O2. The van der Waals surface area contributed by atoms with E-state index in [1.54, 1.807) is 49.4 Å². The summed E-state index contributed by atoms with van der Waals surface area (Å²) in [4.78, 5) is 24.7. The summed E-state index contributed by atoms with van der Waals surface area (Å²) in [5, 5.41) is 9.33. The van der Waals surface area contributed by atoms with E-state index in [1.165, 1.54) is 0 Å². The van der Waals surface area contributed by atoms with Crippen LogP contribution in [0.4, 0.5) is 10.5 Å². The van der Waals surface area contributed by atoms with Crippen molar-refractivity contribution in [3.63, 3.8) is 0 Å². The molecule has 5 nitrogen and oxygen atoms in total. The highest BCUT2D eigenvalue weighted by Crippen LogP contribution is 2.29. The fraction of sp³-hybridized carbons (Fsp3) is 0.111. The fourth-order valence-electron chi connectivity index (χ4n) is 2.66. The van der Waals surface area contributed by atoms with Crippen LogP contribution in [0, 0.1) is 0 Å². The molecule has 3 amide bonds. The van der Waals surface area contributed by atoms with Gasteiger partial charge in [0.2, 0.25) is 0 Å². The number of amides is 3. The summed E-state index contributed by atoms with van der Waals surface area (Å²) < 4.78 is 0. The van der Waals surface area contributed by atoms with Gasteiger partial charge in [-0.2, -0.15) is 0 Å². The maximum Gasteiger partial charge on any atom is 0.319 e. The van der Waals surface area contributed by atoms with Crippen LogP contribution in [0.5, 0.6) is 0 Å². The van der Waals surface area contributed by atoms with Gasteiger partial charge in [0, 0.05) is 21.4 Å². The smallest absolute Gasteiger partial charge is 0.319 e. The van der Waals surface area contributed by atoms with Crippen molar-refractivity contribution in [1.29, 1.82) is 0 Å². The highest BCUT2D eigenvalue weighted by molar-refractivity contribution is 6.31. The van der Waals surface area contributed by atoms with E-state index in [4.69, 9.17) is 23.2 Å². The third kappa shape index (κ3) is 3.95. The molecule has 1 aliphatic rings. The van der Waals surface area contributed by atoms with Crippen LogP contribution in [0.25, 0.3) is 0 Å². The Morgan fingerprint density at radius 2 is 1.80 bits per heavy atom. The zero-order valence-electron chi connectivity index (χ0n) is 13.3. The van der Waals surface area contributed by atoms with E-state index in [0.717, 1.165) is 5.56 Å². The van der Waals surface area contributed by atoms with Gasteiger partial charge in [0.25, 0.3) is 5.91 Å². The molecule has 0 radical (unpaired) electrons. The second-order valence-electron chi connectivity index (χ2n) is 5.59. The second kappa shape index (κ2) is 7.17. The fourth-order valence-corrected chi connectivity index (χ4v) is 2.99. The molecule has 0 saturated heterocycles. The molecule has 0 saturated carbocycles. The van der Waals surface area contributed by atoms with Gasteiger partial charge in [-0.25, -0.2) is 4.79 Å². The van der Waals surface area contributed by atoms with Gasteiger partial charge in [-0.05, 0) is 48.9 Å². The average Bonchev–Trinajstić information content (AvgIpc) is 2.56. The third-order valence-corrected chi connectivity index (χ3v) is 4.28. The Morgan fingerprint density at radius 3 is 2.48 bits per heavy atom. The highest BCUT2D eigenvalue weighted by atomic mass is 35.5. The number of rotatable bonds is 3. The first-order valence-electron chi connectivity index (χ1n) is 7.54. The number of hydrogen-bond donors (Lipinski definition) is 3. The number of carbonyl (C=O) groups is 2. The van der Waals surface area contributed by atoms with E-state index in [1.807, 2.05) is 6.07 Å². The summed E-state index contributed by atoms with van der Waals surface area (Å²) in [5.41, 5.74) is 2.23. The molecule has 128 valence electrons. The largest absolute Gasteiger partial charge is 0.327 e. The van der Waals surface area contributed by atoms with Crippen molar-refractivity contribution in [2.45, 2.75) is 13.0 Å². The predicted octanol–water partition coefficient (Wildman–Crippen LogP) is 4.26. The van der Waals surface area contributed by atoms with Gasteiger partial charge in [0.15, 0.2) is 0 Å². The van der Waals surface area contributed by atoms with Crippen molar-refractivity contribution in [1.82, 2.24) is 10.6 Å². The summed E-state index contributed by atoms with van der Waals surface area (Å²) in [6.45, 7) is 1.69. The quantitative estimate of drug-likeness (QED) is 0.749. The molecule has 25 heavy (non-hydrogen) atoms. The topological polar surface area (TPSA) is 70.2 Å². The predicted molar refractivity (Wildman–Crippen MR) is 98.6 cm³/mol. The van der Waals surface area contributed by atoms with Crippen molar-refractivity contribution in [2.24, 2.45) is 0 Å². The van der Waals surface area contributed by atoms with Crippen LogP contribution < -0.4 is 16.0 Å². The van der Waals surface area contributed by atoms with Crippen molar-refractivity contribution in [3.05, 3.63) is 75.4 Å². The molecule has 0 aromatic heterocycles. The molecule has 0 bridgehead atoms. The maximum atomic E-state index is 12.8. The molecule has 1 aliphatic heterocycles. The number of allylic oxidation sites excluding steroid dienone is 1. The van der Waals surface area contributed by atoms with E-state index in [2.05, 4.69) is 16.0 Å². The molecule has 0 aliphatic carbocycles. The number of benzene rings is 2. The minimum Gasteiger partial charge on any atom is -0.327 e. The molecule has 7 heteroatoms. The molecular weight excluding hydrogens is 361 g/mol. The molecule has 3 N–H and O–H groups in total. The van der Waals surface area contributed by atoms with Gasteiger partial charge in [-0.1, -0.05) is 35.3 Å². The maximum absolute atomic E-state index is 12.8. The SMILES string of the molecule is CC1=C(C(=O)Nc2ccc(Cl)cc2)C(c2cccc(Cl)c2)NC(=O)N1. The lowest BCUT2D eigenvalue weighted by Crippen LogP contribution is -2.45. The first-order chi connectivity index (χ1) is 11.9. The standard InChI is InChI=1S/C18H15Cl2N3O2/c1-10-15(17(24)22-14-7-5-12(19)6-8-14)16(23-18(25)21-10)11-3-2-4-13(20)9-11/h2-9,16H,1H3,(H,22,24)(H2,21,23,25). The van der Waals surface area contributed by atoms with Crippen LogP contribution in [-0.4, -0.2) is 11.9 Å². The van der Waals surface area contributed by atoms with Gasteiger partial charge in [-0.3, -0.25) is 4.79 Å². The zero-order chi connectivity index (χ0) is 18.0. The first kappa shape index (κ1) is 17.3. The van der Waals surface area contributed by atoms with Crippen molar-refractivity contribution < 1.29 is 9.59 Å². The summed E-state index contributed by atoms with van der Waals surface area (Å²) in [7, 11) is 0. The van der Waals surface area contributed by atoms with Gasteiger partial charge < -0.3 is 16.0 Å². The minimum absolute atomic E-state index is 0.322. The van der Waals surface area contributed by atoms with Crippen LogP contribution in [0.1, 0.15) is 18.5 Å². The lowest BCUT2D eigenvalue weighted by atomic mass is 9.95. The van der Waals surface area contributed by atoms with E-state index in [9.17, 15) is 9.59 Å². The van der Waals surface area contributed by atoms with Crippen molar-refractivity contribution in [3.8, 4) is 0 Å². The van der Waals surface area contributed by atoms with Crippen molar-refractivity contribution in [2.75, 3.05) is 5.32 Å². The average molecular weight is 376 g/mol.